The van der Waals surface area contributed by atoms with Crippen LogP contribution in [0.5, 0.6) is 0 Å². The first-order valence-electron chi connectivity index (χ1n) is 6.27. The molecule has 0 heterocycles. The molecule has 2 aliphatic carbocycles. The fourth-order valence-electron chi connectivity index (χ4n) is 3.25. The van der Waals surface area contributed by atoms with Crippen molar-refractivity contribution >= 4 is 12.1 Å². The molecule has 2 rings (SSSR count). The summed E-state index contributed by atoms with van der Waals surface area (Å²) in [6.07, 6.45) is 3.56. The third-order valence-corrected chi connectivity index (χ3v) is 4.09. The lowest BCUT2D eigenvalue weighted by molar-refractivity contribution is -0.176. The highest BCUT2D eigenvalue weighted by Crippen LogP contribution is 2.61. The summed E-state index contributed by atoms with van der Waals surface area (Å²) in [5.74, 6) is -1.01. The van der Waals surface area contributed by atoms with Gasteiger partial charge in [0.05, 0.1) is 6.10 Å². The van der Waals surface area contributed by atoms with Gasteiger partial charge in [-0.05, 0) is 31.1 Å². The fraction of sp³-hybridized carbons (Fsp3) is 0.692. The van der Waals surface area contributed by atoms with Gasteiger partial charge in [-0.1, -0.05) is 12.7 Å². The first kappa shape index (κ1) is 13.9. The molecule has 106 valence electrons. The lowest BCUT2D eigenvalue weighted by Gasteiger charge is -2.60. The van der Waals surface area contributed by atoms with Crippen LogP contribution in [0.3, 0.4) is 0 Å². The van der Waals surface area contributed by atoms with E-state index < -0.39 is 17.6 Å². The van der Waals surface area contributed by atoms with Crippen molar-refractivity contribution in [2.75, 3.05) is 13.7 Å². The molecule has 19 heavy (non-hydrogen) atoms. The maximum atomic E-state index is 11.5. The van der Waals surface area contributed by atoms with Gasteiger partial charge in [0.2, 0.25) is 0 Å². The van der Waals surface area contributed by atoms with Crippen LogP contribution in [0.25, 0.3) is 0 Å². The Morgan fingerprint density at radius 3 is 2.58 bits per heavy atom. The average Bonchev–Trinajstić information content (AvgIpc) is 2.27. The number of methoxy groups -OCH3 is 1. The Hall–Kier alpha value is -1.56. The molecule has 2 aliphatic rings. The van der Waals surface area contributed by atoms with Crippen LogP contribution in [0.4, 0.5) is 4.79 Å². The molecule has 1 amide bonds. The van der Waals surface area contributed by atoms with E-state index in [0.29, 0.717) is 12.8 Å². The van der Waals surface area contributed by atoms with E-state index in [9.17, 15) is 14.7 Å². The topological polar surface area (TPSA) is 84.9 Å². The summed E-state index contributed by atoms with van der Waals surface area (Å²) >= 11 is 0. The van der Waals surface area contributed by atoms with Crippen LogP contribution in [0, 0.1) is 5.41 Å². The molecule has 0 aliphatic heterocycles. The summed E-state index contributed by atoms with van der Waals surface area (Å²) in [5, 5.41) is 11.8. The van der Waals surface area contributed by atoms with Crippen LogP contribution in [0.2, 0.25) is 0 Å². The Bertz CT molecular complexity index is 392. The third-order valence-electron chi connectivity index (χ3n) is 4.09. The van der Waals surface area contributed by atoms with Crippen molar-refractivity contribution in [2.45, 2.75) is 37.3 Å². The lowest BCUT2D eigenvalue weighted by atomic mass is 9.47. The van der Waals surface area contributed by atoms with E-state index in [0.717, 1.165) is 12.8 Å². The van der Waals surface area contributed by atoms with Gasteiger partial charge in [0.1, 0.15) is 12.1 Å². The SMILES string of the molecule is C=CCOC(=O)NC1(C(=O)O)CC2(CC(OC)C2)C1. The number of carboxylic acid groups (broad SMARTS) is 1. The number of carbonyl (C=O) groups excluding carboxylic acids is 1. The largest absolute Gasteiger partial charge is 0.480 e. The molecule has 0 saturated heterocycles. The molecule has 0 aromatic heterocycles. The zero-order valence-electron chi connectivity index (χ0n) is 11.0. The number of rotatable bonds is 5. The standard InChI is InChI=1S/C13H19NO5/c1-3-4-19-11(17)14-13(10(15)16)7-12(8-13)5-9(6-12)18-2/h3,9H,1,4-8H2,2H3,(H,14,17)(H,15,16). The number of carbonyl (C=O) groups is 2. The number of carboxylic acids is 1. The quantitative estimate of drug-likeness (QED) is 0.735. The third kappa shape index (κ3) is 2.45. The average molecular weight is 269 g/mol. The molecule has 6 heteroatoms. The van der Waals surface area contributed by atoms with Crippen LogP contribution < -0.4 is 5.32 Å². The summed E-state index contributed by atoms with van der Waals surface area (Å²) in [7, 11) is 1.66. The number of alkyl carbamates (subject to hydrolysis) is 1. The van der Waals surface area contributed by atoms with Crippen molar-refractivity contribution in [2.24, 2.45) is 5.41 Å². The zero-order chi connectivity index (χ0) is 14.1. The van der Waals surface area contributed by atoms with Crippen LogP contribution in [0.15, 0.2) is 12.7 Å². The summed E-state index contributed by atoms with van der Waals surface area (Å²) in [5.41, 5.74) is -1.16. The maximum Gasteiger partial charge on any atom is 0.408 e. The van der Waals surface area contributed by atoms with Gasteiger partial charge in [-0.2, -0.15) is 0 Å². The van der Waals surface area contributed by atoms with Crippen molar-refractivity contribution in [3.05, 3.63) is 12.7 Å². The number of ether oxygens (including phenoxy) is 2. The second kappa shape index (κ2) is 4.85. The zero-order valence-corrected chi connectivity index (χ0v) is 11.0. The summed E-state index contributed by atoms with van der Waals surface area (Å²) in [6.45, 7) is 3.49. The molecule has 0 atom stereocenters. The number of aliphatic carboxylic acids is 1. The molecule has 2 N–H and O–H groups in total. The maximum absolute atomic E-state index is 11.5. The molecule has 2 fully saturated rings. The number of nitrogens with one attached hydrogen (secondary N) is 1. The Morgan fingerprint density at radius 1 is 1.47 bits per heavy atom. The van der Waals surface area contributed by atoms with E-state index in [1.165, 1.54) is 6.08 Å². The molecule has 0 unspecified atom stereocenters. The van der Waals surface area contributed by atoms with Crippen LogP contribution in [-0.4, -0.2) is 42.5 Å². The molecular weight excluding hydrogens is 250 g/mol. The van der Waals surface area contributed by atoms with Crippen LogP contribution >= 0.6 is 0 Å². The van der Waals surface area contributed by atoms with Crippen molar-refractivity contribution in [1.29, 1.82) is 0 Å². The second-order valence-corrected chi connectivity index (χ2v) is 5.52. The van der Waals surface area contributed by atoms with E-state index in [1.807, 2.05) is 0 Å². The van der Waals surface area contributed by atoms with E-state index in [-0.39, 0.29) is 18.1 Å². The van der Waals surface area contributed by atoms with Gasteiger partial charge in [-0.15, -0.1) is 0 Å². The van der Waals surface area contributed by atoms with Crippen LogP contribution in [-0.2, 0) is 14.3 Å². The lowest BCUT2D eigenvalue weighted by Crippen LogP contribution is -2.70. The summed E-state index contributed by atoms with van der Waals surface area (Å²) in [4.78, 5) is 22.9. The minimum atomic E-state index is -1.18. The van der Waals surface area contributed by atoms with Gasteiger partial charge >= 0.3 is 12.1 Å². The number of hydrogen-bond acceptors (Lipinski definition) is 4. The normalized spacial score (nSPS) is 35.9. The number of hydrogen-bond donors (Lipinski definition) is 2. The van der Waals surface area contributed by atoms with Crippen LogP contribution in [0.1, 0.15) is 25.7 Å². The first-order chi connectivity index (χ1) is 8.95. The molecule has 2 saturated carbocycles. The predicted molar refractivity (Wildman–Crippen MR) is 66.7 cm³/mol. The van der Waals surface area contributed by atoms with E-state index in [4.69, 9.17) is 9.47 Å². The van der Waals surface area contributed by atoms with E-state index in [2.05, 4.69) is 11.9 Å². The molecule has 1 spiro atoms. The Labute approximate surface area is 111 Å². The molecule has 0 radical (unpaired) electrons. The highest BCUT2D eigenvalue weighted by Gasteiger charge is 2.64. The van der Waals surface area contributed by atoms with Crippen molar-refractivity contribution in [1.82, 2.24) is 5.32 Å². The molecule has 6 nitrogen and oxygen atoms in total. The van der Waals surface area contributed by atoms with Gasteiger partial charge in [-0.25, -0.2) is 9.59 Å². The predicted octanol–water partition coefficient (Wildman–Crippen LogP) is 1.31. The van der Waals surface area contributed by atoms with Gasteiger partial charge in [0.15, 0.2) is 0 Å². The minimum Gasteiger partial charge on any atom is -0.480 e. The molecule has 0 aromatic rings. The second-order valence-electron chi connectivity index (χ2n) is 5.52. The van der Waals surface area contributed by atoms with Gasteiger partial charge in [-0.3, -0.25) is 0 Å². The number of amides is 1. The smallest absolute Gasteiger partial charge is 0.408 e. The van der Waals surface area contributed by atoms with Crippen molar-refractivity contribution in [3.63, 3.8) is 0 Å². The van der Waals surface area contributed by atoms with E-state index >= 15 is 0 Å². The van der Waals surface area contributed by atoms with Crippen molar-refractivity contribution < 1.29 is 24.2 Å². The van der Waals surface area contributed by atoms with Gasteiger partial charge in [0.25, 0.3) is 0 Å². The molecule has 0 aromatic carbocycles. The Balaban J connectivity index is 1.90. The highest BCUT2D eigenvalue weighted by atomic mass is 16.5. The fourth-order valence-corrected chi connectivity index (χ4v) is 3.25. The van der Waals surface area contributed by atoms with Gasteiger partial charge in [0, 0.05) is 7.11 Å². The van der Waals surface area contributed by atoms with Gasteiger partial charge < -0.3 is 19.9 Å². The molecule has 0 bridgehead atoms. The monoisotopic (exact) mass is 269 g/mol. The minimum absolute atomic E-state index is 0.0186. The Kier molecular flexibility index (Phi) is 3.54. The van der Waals surface area contributed by atoms with Crippen molar-refractivity contribution in [3.8, 4) is 0 Å². The molecular formula is C13H19NO5. The summed E-state index contributed by atoms with van der Waals surface area (Å²) < 4.78 is 9.99. The van der Waals surface area contributed by atoms with E-state index in [1.54, 1.807) is 7.11 Å². The first-order valence-corrected chi connectivity index (χ1v) is 6.27. The summed E-state index contributed by atoms with van der Waals surface area (Å²) in [6, 6.07) is 0. The highest BCUT2D eigenvalue weighted by molar-refractivity contribution is 5.86. The Morgan fingerprint density at radius 2 is 2.11 bits per heavy atom.